The van der Waals surface area contributed by atoms with Crippen molar-refractivity contribution in [2.45, 2.75) is 44.9 Å². The second-order valence-corrected chi connectivity index (χ2v) is 5.47. The molecule has 18 heavy (non-hydrogen) atoms. The van der Waals surface area contributed by atoms with Gasteiger partial charge in [0, 0.05) is 5.02 Å². The smallest absolute Gasteiger partial charge is 0.152 e. The molecule has 0 bridgehead atoms. The fourth-order valence-electron chi connectivity index (χ4n) is 2.61. The molecule has 0 amide bonds. The van der Waals surface area contributed by atoms with Crippen LogP contribution in [0.1, 0.15) is 56.1 Å². The molecule has 0 heterocycles. The molecule has 0 atom stereocenters. The highest BCUT2D eigenvalue weighted by atomic mass is 35.5. The molecule has 0 aromatic heterocycles. The lowest BCUT2D eigenvalue weighted by atomic mass is 9.84. The van der Waals surface area contributed by atoms with Crippen molar-refractivity contribution < 1.29 is 4.79 Å². The summed E-state index contributed by atoms with van der Waals surface area (Å²) >= 11 is 6.36. The van der Waals surface area contributed by atoms with Crippen LogP contribution in [0, 0.1) is 0 Å². The van der Waals surface area contributed by atoms with Crippen LogP contribution >= 0.6 is 11.6 Å². The molecule has 0 unspecified atom stereocenters. The number of allylic oxidation sites excluding steroid dienone is 1. The molecular formula is C16H19ClO. The lowest BCUT2D eigenvalue weighted by Crippen LogP contribution is -2.05. The summed E-state index contributed by atoms with van der Waals surface area (Å²) in [6.45, 7) is 1.55. The lowest BCUT2D eigenvalue weighted by molar-refractivity contribution is -0.112. The van der Waals surface area contributed by atoms with Crippen molar-refractivity contribution in [1.29, 1.82) is 0 Å². The molecule has 2 heteroatoms. The minimum Gasteiger partial charge on any atom is -0.295 e. The van der Waals surface area contributed by atoms with Gasteiger partial charge in [-0.25, -0.2) is 0 Å². The zero-order chi connectivity index (χ0) is 13.0. The molecule has 2 rings (SSSR count). The predicted molar refractivity (Wildman–Crippen MR) is 77.0 cm³/mol. The third-order valence-corrected chi connectivity index (χ3v) is 3.91. The summed E-state index contributed by atoms with van der Waals surface area (Å²) in [5.41, 5.74) is 2.27. The maximum absolute atomic E-state index is 10.9. The quantitative estimate of drug-likeness (QED) is 0.702. The minimum atomic E-state index is 0.0579. The fourth-order valence-corrected chi connectivity index (χ4v) is 2.95. The largest absolute Gasteiger partial charge is 0.295 e. The monoisotopic (exact) mass is 262 g/mol. The SMILES string of the molecule is CC(=O)/C=C/c1ccc(C2CCCCC2)c(Cl)c1. The van der Waals surface area contributed by atoms with Gasteiger partial charge in [-0.2, -0.15) is 0 Å². The standard InChI is InChI=1S/C16H19ClO/c1-12(18)7-8-13-9-10-15(16(17)11-13)14-5-3-2-4-6-14/h7-11,14H,2-6H2,1H3/b8-7+. The van der Waals surface area contributed by atoms with E-state index >= 15 is 0 Å². The van der Waals surface area contributed by atoms with Gasteiger partial charge in [0.1, 0.15) is 0 Å². The predicted octanol–water partition coefficient (Wildman–Crippen LogP) is 4.99. The van der Waals surface area contributed by atoms with E-state index in [1.807, 2.05) is 12.1 Å². The van der Waals surface area contributed by atoms with Crippen molar-refractivity contribution in [3.8, 4) is 0 Å². The maximum atomic E-state index is 10.9. The number of benzene rings is 1. The van der Waals surface area contributed by atoms with Crippen molar-refractivity contribution in [3.05, 3.63) is 40.4 Å². The average molecular weight is 263 g/mol. The fraction of sp³-hybridized carbons (Fsp3) is 0.438. The third kappa shape index (κ3) is 3.46. The molecule has 1 aromatic carbocycles. The topological polar surface area (TPSA) is 17.1 Å². The van der Waals surface area contributed by atoms with E-state index in [0.717, 1.165) is 10.6 Å². The van der Waals surface area contributed by atoms with Gasteiger partial charge in [-0.1, -0.05) is 49.1 Å². The first kappa shape index (κ1) is 13.4. The third-order valence-electron chi connectivity index (χ3n) is 3.58. The molecule has 1 aromatic rings. The number of rotatable bonds is 3. The molecule has 1 saturated carbocycles. The Balaban J connectivity index is 2.16. The summed E-state index contributed by atoms with van der Waals surface area (Å²) in [6, 6.07) is 6.14. The Morgan fingerprint density at radius 1 is 1.28 bits per heavy atom. The minimum absolute atomic E-state index is 0.0579. The van der Waals surface area contributed by atoms with Crippen molar-refractivity contribution >= 4 is 23.5 Å². The Morgan fingerprint density at radius 2 is 2.00 bits per heavy atom. The van der Waals surface area contributed by atoms with Crippen LogP contribution in [0.5, 0.6) is 0 Å². The van der Waals surface area contributed by atoms with Crippen LogP contribution < -0.4 is 0 Å². The van der Waals surface area contributed by atoms with E-state index in [2.05, 4.69) is 12.1 Å². The molecule has 1 aliphatic carbocycles. The Labute approximate surface area is 114 Å². The molecule has 0 radical (unpaired) electrons. The van der Waals surface area contributed by atoms with E-state index in [1.54, 1.807) is 13.0 Å². The summed E-state index contributed by atoms with van der Waals surface area (Å²) < 4.78 is 0. The van der Waals surface area contributed by atoms with E-state index in [1.165, 1.54) is 37.7 Å². The summed E-state index contributed by atoms with van der Waals surface area (Å²) in [6.07, 6.45) is 9.88. The van der Waals surface area contributed by atoms with Crippen molar-refractivity contribution in [1.82, 2.24) is 0 Å². The van der Waals surface area contributed by atoms with Crippen LogP contribution in [0.15, 0.2) is 24.3 Å². The highest BCUT2D eigenvalue weighted by Crippen LogP contribution is 2.36. The van der Waals surface area contributed by atoms with Crippen LogP contribution in [0.4, 0.5) is 0 Å². The first-order valence-electron chi connectivity index (χ1n) is 6.65. The summed E-state index contributed by atoms with van der Waals surface area (Å²) in [5, 5.41) is 0.840. The Bertz CT molecular complexity index is 456. The van der Waals surface area contributed by atoms with E-state index < -0.39 is 0 Å². The highest BCUT2D eigenvalue weighted by molar-refractivity contribution is 6.31. The second kappa shape index (κ2) is 6.19. The van der Waals surface area contributed by atoms with Gasteiger partial charge in [0.2, 0.25) is 0 Å². The summed E-state index contributed by atoms with van der Waals surface area (Å²) in [7, 11) is 0. The van der Waals surface area contributed by atoms with Crippen LogP contribution in [0.25, 0.3) is 6.08 Å². The van der Waals surface area contributed by atoms with E-state index in [0.29, 0.717) is 5.92 Å². The number of hydrogen-bond donors (Lipinski definition) is 0. The van der Waals surface area contributed by atoms with Gasteiger partial charge in [-0.3, -0.25) is 4.79 Å². The number of ketones is 1. The molecule has 0 saturated heterocycles. The van der Waals surface area contributed by atoms with Gasteiger partial charge >= 0.3 is 0 Å². The van der Waals surface area contributed by atoms with E-state index in [9.17, 15) is 4.79 Å². The van der Waals surface area contributed by atoms with E-state index in [4.69, 9.17) is 11.6 Å². The Morgan fingerprint density at radius 3 is 2.61 bits per heavy atom. The zero-order valence-electron chi connectivity index (χ0n) is 10.8. The molecule has 0 aliphatic heterocycles. The van der Waals surface area contributed by atoms with Crippen LogP contribution in [0.3, 0.4) is 0 Å². The van der Waals surface area contributed by atoms with Crippen LogP contribution in [-0.2, 0) is 4.79 Å². The Kier molecular flexibility index (Phi) is 4.60. The Hall–Kier alpha value is -1.08. The van der Waals surface area contributed by atoms with E-state index in [-0.39, 0.29) is 5.78 Å². The van der Waals surface area contributed by atoms with Gasteiger partial charge in [0.05, 0.1) is 0 Å². The molecule has 1 fully saturated rings. The molecule has 96 valence electrons. The highest BCUT2D eigenvalue weighted by Gasteiger charge is 2.17. The van der Waals surface area contributed by atoms with Gasteiger partial charge in [-0.05, 0) is 49.0 Å². The number of hydrogen-bond acceptors (Lipinski definition) is 1. The first-order chi connectivity index (χ1) is 8.66. The normalized spacial score (nSPS) is 17.2. The van der Waals surface area contributed by atoms with Crippen molar-refractivity contribution in [2.75, 3.05) is 0 Å². The molecule has 0 spiro atoms. The summed E-state index contributed by atoms with van der Waals surface area (Å²) in [5.74, 6) is 0.680. The van der Waals surface area contributed by atoms with Crippen LogP contribution in [-0.4, -0.2) is 5.78 Å². The summed E-state index contributed by atoms with van der Waals surface area (Å²) in [4.78, 5) is 10.9. The average Bonchev–Trinajstić information content (AvgIpc) is 2.37. The lowest BCUT2D eigenvalue weighted by Gasteiger charge is -2.23. The number of halogens is 1. The van der Waals surface area contributed by atoms with Crippen molar-refractivity contribution in [2.24, 2.45) is 0 Å². The number of carbonyl (C=O) groups excluding carboxylic acids is 1. The molecular weight excluding hydrogens is 244 g/mol. The zero-order valence-corrected chi connectivity index (χ0v) is 11.5. The molecule has 1 nitrogen and oxygen atoms in total. The number of carbonyl (C=O) groups is 1. The second-order valence-electron chi connectivity index (χ2n) is 5.06. The first-order valence-corrected chi connectivity index (χ1v) is 7.02. The maximum Gasteiger partial charge on any atom is 0.152 e. The van der Waals surface area contributed by atoms with Gasteiger partial charge in [0.25, 0.3) is 0 Å². The van der Waals surface area contributed by atoms with Gasteiger partial charge in [-0.15, -0.1) is 0 Å². The molecule has 1 aliphatic rings. The molecule has 0 N–H and O–H groups in total. The van der Waals surface area contributed by atoms with Crippen LogP contribution in [0.2, 0.25) is 5.02 Å². The van der Waals surface area contributed by atoms with Crippen molar-refractivity contribution in [3.63, 3.8) is 0 Å². The van der Waals surface area contributed by atoms with Gasteiger partial charge in [0.15, 0.2) is 5.78 Å². The van der Waals surface area contributed by atoms with Gasteiger partial charge < -0.3 is 0 Å².